The quantitative estimate of drug-likeness (QED) is 0.853. The van der Waals surface area contributed by atoms with Gasteiger partial charge in [0.1, 0.15) is 5.41 Å². The van der Waals surface area contributed by atoms with Crippen LogP contribution in [0, 0.1) is 0 Å². The Morgan fingerprint density at radius 1 is 1.24 bits per heavy atom. The maximum absolute atomic E-state index is 11.8. The van der Waals surface area contributed by atoms with E-state index in [0.717, 1.165) is 18.5 Å². The summed E-state index contributed by atoms with van der Waals surface area (Å²) in [5, 5.41) is 11.7. The van der Waals surface area contributed by atoms with E-state index < -0.39 is 11.4 Å². The Kier molecular flexibility index (Phi) is 5.15. The molecule has 1 unspecified atom stereocenters. The molecule has 0 spiro atoms. The number of carboxylic acids is 1. The van der Waals surface area contributed by atoms with Crippen molar-refractivity contribution < 1.29 is 9.90 Å². The number of rotatable bonds is 7. The summed E-state index contributed by atoms with van der Waals surface area (Å²) in [5.74, 6) is -0.781. The van der Waals surface area contributed by atoms with Gasteiger partial charge in [-0.05, 0) is 37.4 Å². The number of benzene rings is 1. The van der Waals surface area contributed by atoms with E-state index in [1.165, 1.54) is 4.88 Å². The van der Waals surface area contributed by atoms with Gasteiger partial charge in [0.2, 0.25) is 0 Å². The molecule has 0 aliphatic carbocycles. The van der Waals surface area contributed by atoms with Gasteiger partial charge < -0.3 is 10.0 Å². The van der Waals surface area contributed by atoms with Crippen molar-refractivity contribution in [1.82, 2.24) is 4.90 Å². The first-order valence-electron chi connectivity index (χ1n) is 7.02. The van der Waals surface area contributed by atoms with Gasteiger partial charge in [0.05, 0.1) is 0 Å². The van der Waals surface area contributed by atoms with Crippen LogP contribution in [0.1, 0.15) is 17.4 Å². The van der Waals surface area contributed by atoms with E-state index in [-0.39, 0.29) is 0 Å². The van der Waals surface area contributed by atoms with Crippen LogP contribution in [-0.4, -0.2) is 36.1 Å². The Bertz CT molecular complexity index is 568. The Morgan fingerprint density at radius 3 is 2.52 bits per heavy atom. The average Bonchev–Trinajstić information content (AvgIpc) is 2.99. The molecule has 4 heteroatoms. The number of likely N-dealkylation sites (N-methyl/N-ethyl adjacent to an activating group) is 1. The predicted octanol–water partition coefficient (Wildman–Crippen LogP) is 3.26. The molecule has 1 aromatic carbocycles. The highest BCUT2D eigenvalue weighted by Gasteiger charge is 2.36. The molecule has 112 valence electrons. The van der Waals surface area contributed by atoms with Gasteiger partial charge in [-0.3, -0.25) is 4.79 Å². The van der Waals surface area contributed by atoms with Crippen LogP contribution in [0.3, 0.4) is 0 Å². The fourth-order valence-corrected chi connectivity index (χ4v) is 3.16. The third-order valence-electron chi connectivity index (χ3n) is 3.79. The van der Waals surface area contributed by atoms with Gasteiger partial charge in [-0.1, -0.05) is 36.4 Å². The van der Waals surface area contributed by atoms with Crippen LogP contribution in [0.25, 0.3) is 0 Å². The van der Waals surface area contributed by atoms with Gasteiger partial charge in [0, 0.05) is 18.0 Å². The van der Waals surface area contributed by atoms with Crippen LogP contribution in [0.5, 0.6) is 0 Å². The summed E-state index contributed by atoms with van der Waals surface area (Å²) < 4.78 is 0. The summed E-state index contributed by atoms with van der Waals surface area (Å²) in [6.07, 6.45) is 0.957. The Balaban J connectivity index is 2.04. The number of carboxylic acid groups (broad SMARTS) is 1. The SMILES string of the molecule is CN(CCc1cccs1)CC(C)(C(=O)O)c1ccccc1. The Labute approximate surface area is 129 Å². The van der Waals surface area contributed by atoms with E-state index in [2.05, 4.69) is 16.3 Å². The standard InChI is InChI=1S/C17H21NO2S/c1-17(16(19)20,14-7-4-3-5-8-14)13-18(2)11-10-15-9-6-12-21-15/h3-9,12H,10-11,13H2,1-2H3,(H,19,20). The molecule has 2 rings (SSSR count). The van der Waals surface area contributed by atoms with Gasteiger partial charge in [-0.15, -0.1) is 11.3 Å². The van der Waals surface area contributed by atoms with Crippen molar-refractivity contribution in [2.75, 3.05) is 20.1 Å². The smallest absolute Gasteiger partial charge is 0.315 e. The van der Waals surface area contributed by atoms with Crippen LogP contribution in [0.15, 0.2) is 47.8 Å². The molecule has 1 N–H and O–H groups in total. The molecule has 0 saturated heterocycles. The third kappa shape index (κ3) is 3.93. The molecular formula is C17H21NO2S. The van der Waals surface area contributed by atoms with Gasteiger partial charge >= 0.3 is 5.97 Å². The summed E-state index contributed by atoms with van der Waals surface area (Å²) in [5.41, 5.74) is -0.0358. The molecule has 2 aromatic rings. The second-order valence-corrected chi connectivity index (χ2v) is 6.60. The summed E-state index contributed by atoms with van der Waals surface area (Å²) in [6.45, 7) is 3.15. The number of hydrogen-bond acceptors (Lipinski definition) is 3. The lowest BCUT2D eigenvalue weighted by molar-refractivity contribution is -0.143. The zero-order chi connectivity index (χ0) is 15.3. The molecule has 0 fully saturated rings. The minimum Gasteiger partial charge on any atom is -0.481 e. The van der Waals surface area contributed by atoms with Gasteiger partial charge in [-0.2, -0.15) is 0 Å². The van der Waals surface area contributed by atoms with Crippen LogP contribution in [-0.2, 0) is 16.6 Å². The van der Waals surface area contributed by atoms with Crippen LogP contribution >= 0.6 is 11.3 Å². The summed E-state index contributed by atoms with van der Waals surface area (Å²) in [7, 11) is 1.98. The first kappa shape index (κ1) is 15.7. The zero-order valence-corrected chi connectivity index (χ0v) is 13.3. The number of nitrogens with zero attached hydrogens (tertiary/aromatic N) is 1. The van der Waals surface area contributed by atoms with E-state index in [9.17, 15) is 9.90 Å². The monoisotopic (exact) mass is 303 g/mol. The predicted molar refractivity (Wildman–Crippen MR) is 86.9 cm³/mol. The van der Waals surface area contributed by atoms with Crippen molar-refractivity contribution in [3.63, 3.8) is 0 Å². The second-order valence-electron chi connectivity index (χ2n) is 5.57. The van der Waals surface area contributed by atoms with Gasteiger partial charge in [-0.25, -0.2) is 0 Å². The molecule has 1 atom stereocenters. The maximum atomic E-state index is 11.8. The number of thiophene rings is 1. The fourth-order valence-electron chi connectivity index (χ4n) is 2.46. The lowest BCUT2D eigenvalue weighted by atomic mass is 9.82. The van der Waals surface area contributed by atoms with Crippen LogP contribution in [0.4, 0.5) is 0 Å². The second kappa shape index (κ2) is 6.87. The topological polar surface area (TPSA) is 40.5 Å². The third-order valence-corrected chi connectivity index (χ3v) is 4.73. The molecule has 0 amide bonds. The highest BCUT2D eigenvalue weighted by atomic mass is 32.1. The molecule has 0 aliphatic heterocycles. The number of aliphatic carboxylic acids is 1. The zero-order valence-electron chi connectivity index (χ0n) is 12.5. The van der Waals surface area contributed by atoms with Gasteiger partial charge in [0.25, 0.3) is 0 Å². The molecule has 0 aliphatic rings. The first-order valence-corrected chi connectivity index (χ1v) is 7.90. The minimum absolute atomic E-state index is 0.498. The number of hydrogen-bond donors (Lipinski definition) is 1. The number of carbonyl (C=O) groups is 1. The summed E-state index contributed by atoms with van der Waals surface area (Å²) in [6, 6.07) is 13.6. The van der Waals surface area contributed by atoms with Crippen molar-refractivity contribution in [3.05, 3.63) is 58.3 Å². The molecule has 0 radical (unpaired) electrons. The van der Waals surface area contributed by atoms with E-state index in [0.29, 0.717) is 6.54 Å². The maximum Gasteiger partial charge on any atom is 0.315 e. The van der Waals surface area contributed by atoms with E-state index in [1.807, 2.05) is 43.4 Å². The van der Waals surface area contributed by atoms with Crippen molar-refractivity contribution in [2.24, 2.45) is 0 Å². The lowest BCUT2D eigenvalue weighted by Crippen LogP contribution is -2.43. The molecule has 0 bridgehead atoms. The molecule has 1 aromatic heterocycles. The highest BCUT2D eigenvalue weighted by molar-refractivity contribution is 7.09. The van der Waals surface area contributed by atoms with Crippen LogP contribution in [0.2, 0.25) is 0 Å². The van der Waals surface area contributed by atoms with Crippen molar-refractivity contribution >= 4 is 17.3 Å². The first-order chi connectivity index (χ1) is 10.0. The van der Waals surface area contributed by atoms with Crippen molar-refractivity contribution in [3.8, 4) is 0 Å². The van der Waals surface area contributed by atoms with Crippen molar-refractivity contribution in [2.45, 2.75) is 18.8 Å². The largest absolute Gasteiger partial charge is 0.481 e. The van der Waals surface area contributed by atoms with E-state index >= 15 is 0 Å². The Hall–Kier alpha value is -1.65. The molecule has 21 heavy (non-hydrogen) atoms. The molecular weight excluding hydrogens is 282 g/mol. The lowest BCUT2D eigenvalue weighted by Gasteiger charge is -2.30. The fraction of sp³-hybridized carbons (Fsp3) is 0.353. The molecule has 0 saturated carbocycles. The van der Waals surface area contributed by atoms with Gasteiger partial charge in [0.15, 0.2) is 0 Å². The molecule has 1 heterocycles. The van der Waals surface area contributed by atoms with Crippen molar-refractivity contribution in [1.29, 1.82) is 0 Å². The Morgan fingerprint density at radius 2 is 1.95 bits per heavy atom. The van der Waals surface area contributed by atoms with E-state index in [4.69, 9.17) is 0 Å². The summed E-state index contributed by atoms with van der Waals surface area (Å²) in [4.78, 5) is 15.2. The highest BCUT2D eigenvalue weighted by Crippen LogP contribution is 2.25. The summed E-state index contributed by atoms with van der Waals surface area (Å²) >= 11 is 1.74. The molecule has 3 nitrogen and oxygen atoms in total. The minimum atomic E-state index is -0.883. The van der Waals surface area contributed by atoms with E-state index in [1.54, 1.807) is 18.3 Å². The van der Waals surface area contributed by atoms with Crippen LogP contribution < -0.4 is 0 Å². The average molecular weight is 303 g/mol. The normalized spacial score (nSPS) is 14.0.